The number of benzene rings is 2. The summed E-state index contributed by atoms with van der Waals surface area (Å²) in [5.41, 5.74) is 3.44. The number of hydrogen-bond donors (Lipinski definition) is 2. The predicted molar refractivity (Wildman–Crippen MR) is 164 cm³/mol. The van der Waals surface area contributed by atoms with Gasteiger partial charge in [0.15, 0.2) is 0 Å². The zero-order valence-corrected chi connectivity index (χ0v) is 25.5. The van der Waals surface area contributed by atoms with E-state index >= 15 is 0 Å². The second-order valence-electron chi connectivity index (χ2n) is 13.1. The molecular weight excluding hydrogens is 573 g/mol. The summed E-state index contributed by atoms with van der Waals surface area (Å²) in [6.07, 6.45) is 3.18. The zero-order chi connectivity index (χ0) is 30.0. The van der Waals surface area contributed by atoms with Gasteiger partial charge in [0.25, 0.3) is 5.91 Å². The molecule has 1 aliphatic carbocycles. The summed E-state index contributed by atoms with van der Waals surface area (Å²) in [6.45, 7) is 8.43. The third-order valence-corrected chi connectivity index (χ3v) is 8.99. The van der Waals surface area contributed by atoms with Gasteiger partial charge in [0.05, 0.1) is 23.4 Å². The van der Waals surface area contributed by atoms with Crippen molar-refractivity contribution in [2.24, 2.45) is 5.92 Å². The fourth-order valence-electron chi connectivity index (χ4n) is 6.56. The van der Waals surface area contributed by atoms with E-state index < -0.39 is 17.5 Å². The molecule has 3 aliphatic heterocycles. The Morgan fingerprint density at radius 3 is 2.74 bits per heavy atom. The lowest BCUT2D eigenvalue weighted by atomic mass is 10.0. The first kappa shape index (κ1) is 28.1. The summed E-state index contributed by atoms with van der Waals surface area (Å²) < 4.78 is 28.2. The van der Waals surface area contributed by atoms with Crippen molar-refractivity contribution >= 4 is 45.9 Å². The average molecular weight is 610 g/mol. The van der Waals surface area contributed by atoms with E-state index in [-0.39, 0.29) is 23.1 Å². The smallest absolute Gasteiger partial charge is 0.407 e. The molecule has 0 radical (unpaired) electrons. The van der Waals surface area contributed by atoms with Gasteiger partial charge in [0, 0.05) is 36.6 Å². The molecule has 228 valence electrons. The molecular formula is C32H37ClFN5O4. The van der Waals surface area contributed by atoms with Crippen LogP contribution >= 0.6 is 11.6 Å². The molecule has 2 fully saturated rings. The van der Waals surface area contributed by atoms with Crippen molar-refractivity contribution in [1.82, 2.24) is 14.8 Å². The van der Waals surface area contributed by atoms with E-state index in [1.807, 2.05) is 32.9 Å². The van der Waals surface area contributed by atoms with Gasteiger partial charge in [-0.15, -0.1) is 0 Å². The van der Waals surface area contributed by atoms with Crippen molar-refractivity contribution in [2.45, 2.75) is 70.8 Å². The maximum atomic E-state index is 14.6. The molecule has 2 amide bonds. The third-order valence-electron chi connectivity index (χ3n) is 8.64. The Balaban J connectivity index is 1.16. The Kier molecular flexibility index (Phi) is 6.87. The zero-order valence-electron chi connectivity index (χ0n) is 24.7. The number of alkyl carbamates (subject to hydrolysis) is 1. The highest BCUT2D eigenvalue weighted by Gasteiger charge is 2.39. The number of hydrogen-bond acceptors (Lipinski definition) is 6. The number of nitrogens with zero attached hydrogens (tertiary/aromatic N) is 3. The van der Waals surface area contributed by atoms with Crippen LogP contribution < -0.4 is 20.3 Å². The van der Waals surface area contributed by atoms with E-state index in [2.05, 4.69) is 26.2 Å². The number of ether oxygens (including phenoxy) is 2. The normalized spacial score (nSPS) is 21.3. The fraction of sp³-hybridized carbons (Fsp3) is 0.500. The highest BCUT2D eigenvalue weighted by molar-refractivity contribution is 6.35. The van der Waals surface area contributed by atoms with Crippen molar-refractivity contribution in [3.05, 3.63) is 52.4 Å². The number of likely N-dealkylation sites (tertiary alicyclic amines) is 1. The van der Waals surface area contributed by atoms with Crippen LogP contribution in [0.3, 0.4) is 0 Å². The average Bonchev–Trinajstić information content (AvgIpc) is 3.60. The first-order valence-corrected chi connectivity index (χ1v) is 15.5. The van der Waals surface area contributed by atoms with Crippen LogP contribution in [0.1, 0.15) is 68.7 Å². The van der Waals surface area contributed by atoms with Gasteiger partial charge in [0.2, 0.25) is 0 Å². The maximum Gasteiger partial charge on any atom is 0.407 e. The van der Waals surface area contributed by atoms with Gasteiger partial charge < -0.3 is 34.5 Å². The summed E-state index contributed by atoms with van der Waals surface area (Å²) >= 11 is 6.52. The summed E-state index contributed by atoms with van der Waals surface area (Å²) in [5.74, 6) is 0.694. The molecule has 4 aliphatic rings. The number of fused-ring (bicyclic) bond motifs is 1. The van der Waals surface area contributed by atoms with Gasteiger partial charge in [-0.3, -0.25) is 4.79 Å². The van der Waals surface area contributed by atoms with Crippen molar-refractivity contribution in [1.29, 1.82) is 0 Å². The molecule has 7 rings (SSSR count). The van der Waals surface area contributed by atoms with Gasteiger partial charge >= 0.3 is 6.09 Å². The fourth-order valence-corrected chi connectivity index (χ4v) is 6.83. The Bertz CT molecular complexity index is 1610. The molecule has 9 nitrogen and oxygen atoms in total. The Morgan fingerprint density at radius 1 is 1.16 bits per heavy atom. The molecule has 43 heavy (non-hydrogen) atoms. The molecule has 2 N–H and O–H groups in total. The molecule has 1 aromatic heterocycles. The van der Waals surface area contributed by atoms with E-state index in [1.54, 1.807) is 11.0 Å². The van der Waals surface area contributed by atoms with Gasteiger partial charge in [-0.1, -0.05) is 11.6 Å². The number of anilines is 2. The van der Waals surface area contributed by atoms with Crippen LogP contribution in [0.2, 0.25) is 5.02 Å². The maximum absolute atomic E-state index is 14.6. The first-order chi connectivity index (χ1) is 20.6. The summed E-state index contributed by atoms with van der Waals surface area (Å²) in [4.78, 5) is 30.2. The van der Waals surface area contributed by atoms with Gasteiger partial charge in [0.1, 0.15) is 40.7 Å². The summed E-state index contributed by atoms with van der Waals surface area (Å²) in [7, 11) is 0. The number of carbonyl (C=O) groups is 2. The lowest BCUT2D eigenvalue weighted by Gasteiger charge is -2.34. The van der Waals surface area contributed by atoms with Gasteiger partial charge in [-0.05, 0) is 82.7 Å². The molecule has 2 atom stereocenters. The molecule has 4 heterocycles. The molecule has 1 unspecified atom stereocenters. The predicted octanol–water partition coefficient (Wildman–Crippen LogP) is 6.30. The molecule has 0 spiro atoms. The van der Waals surface area contributed by atoms with Crippen LogP contribution in [0.5, 0.6) is 5.75 Å². The summed E-state index contributed by atoms with van der Waals surface area (Å²) in [5, 5.41) is 7.64. The largest absolute Gasteiger partial charge is 0.489 e. The van der Waals surface area contributed by atoms with Crippen molar-refractivity contribution in [3.8, 4) is 5.75 Å². The number of nitrogens with one attached hydrogen (secondary N) is 2. The standard InChI is InChI=1S/C32H37ClFN5O4/c1-32(2,3)43-31(41)35-21-5-4-10-37(17-21)30(40)20-13-23-28-25(15-20)42-12-11-38(28)29(36-23)24-14-19-8-9-22(34)26(33)27(19)39(24)16-18-6-7-18/h8-9,13-15,18,21,29,36H,4-7,10-12,16-17H2,1-3H3,(H,35,41)/t21-,29?/m1/s1. The van der Waals surface area contributed by atoms with E-state index in [9.17, 15) is 14.0 Å². The Morgan fingerprint density at radius 2 is 1.98 bits per heavy atom. The van der Waals surface area contributed by atoms with Crippen molar-refractivity contribution < 1.29 is 23.5 Å². The van der Waals surface area contributed by atoms with Crippen LogP contribution in [0.4, 0.5) is 20.6 Å². The highest BCUT2D eigenvalue weighted by atomic mass is 35.5. The first-order valence-electron chi connectivity index (χ1n) is 15.2. The van der Waals surface area contributed by atoms with E-state index in [1.165, 1.54) is 6.07 Å². The Labute approximate surface area is 255 Å². The van der Waals surface area contributed by atoms with Crippen molar-refractivity contribution in [3.63, 3.8) is 0 Å². The molecule has 1 saturated carbocycles. The molecule has 0 bridgehead atoms. The molecule has 1 saturated heterocycles. The molecule has 11 heteroatoms. The van der Waals surface area contributed by atoms with Crippen LogP contribution in [0.25, 0.3) is 10.9 Å². The minimum Gasteiger partial charge on any atom is -0.489 e. The number of piperidine rings is 1. The SMILES string of the molecule is CC(C)(C)OC(=O)N[C@@H]1CCCN(C(=O)c2cc3c4c(c2)OCCN4C(c2cc4ccc(F)c(Cl)c4n2CC2CC2)N3)C1. The lowest BCUT2D eigenvalue weighted by molar-refractivity contribution is 0.0452. The second-order valence-corrected chi connectivity index (χ2v) is 13.5. The van der Waals surface area contributed by atoms with Crippen LogP contribution in [0.15, 0.2) is 30.3 Å². The number of rotatable bonds is 5. The quantitative estimate of drug-likeness (QED) is 0.353. The molecule has 3 aromatic rings. The van der Waals surface area contributed by atoms with Gasteiger partial charge in [-0.25, -0.2) is 9.18 Å². The number of aromatic nitrogens is 1. The number of halogens is 2. The highest BCUT2D eigenvalue weighted by Crippen LogP contribution is 2.50. The summed E-state index contributed by atoms with van der Waals surface area (Å²) in [6, 6.07) is 8.85. The molecule has 2 aromatic carbocycles. The van der Waals surface area contributed by atoms with Crippen molar-refractivity contribution in [2.75, 3.05) is 36.5 Å². The second kappa shape index (κ2) is 10.5. The Hall–Kier alpha value is -3.66. The minimum atomic E-state index is -0.590. The lowest BCUT2D eigenvalue weighted by Crippen LogP contribution is -2.50. The number of amides is 2. The minimum absolute atomic E-state index is 0.106. The number of carbonyl (C=O) groups excluding carboxylic acids is 2. The monoisotopic (exact) mass is 609 g/mol. The third kappa shape index (κ3) is 5.34. The van der Waals surface area contributed by atoms with E-state index in [0.29, 0.717) is 43.5 Å². The topological polar surface area (TPSA) is 88.1 Å². The van der Waals surface area contributed by atoms with Crippen LogP contribution in [-0.4, -0.2) is 59.4 Å². The van der Waals surface area contributed by atoms with Crippen LogP contribution in [-0.2, 0) is 11.3 Å². The van der Waals surface area contributed by atoms with Gasteiger partial charge in [-0.2, -0.15) is 0 Å². The van der Waals surface area contributed by atoms with E-state index in [0.717, 1.165) is 60.2 Å². The van der Waals surface area contributed by atoms with Crippen LogP contribution in [0, 0.1) is 11.7 Å². The van der Waals surface area contributed by atoms with E-state index in [4.69, 9.17) is 21.1 Å².